The first kappa shape index (κ1) is 25.6. The molecule has 0 unspecified atom stereocenters. The predicted octanol–water partition coefficient (Wildman–Crippen LogP) is 13.3. The fourth-order valence-electron chi connectivity index (χ4n) is 7.43. The average molecular weight is 603 g/mol. The second kappa shape index (κ2) is 9.90. The molecule has 0 amide bonds. The third kappa shape index (κ3) is 3.68. The van der Waals surface area contributed by atoms with Gasteiger partial charge in [0, 0.05) is 32.0 Å². The summed E-state index contributed by atoms with van der Waals surface area (Å²) in [5, 5.41) is 11.0. The zero-order valence-corrected chi connectivity index (χ0v) is 25.6. The van der Waals surface area contributed by atoms with Gasteiger partial charge in [-0.3, -0.25) is 0 Å². The normalized spacial score (nSPS) is 11.9. The van der Waals surface area contributed by atoms with E-state index in [4.69, 9.17) is 4.42 Å². The van der Waals surface area contributed by atoms with E-state index in [0.29, 0.717) is 0 Å². The molecule has 46 heavy (non-hydrogen) atoms. The van der Waals surface area contributed by atoms with Crippen molar-refractivity contribution in [1.29, 1.82) is 0 Å². The van der Waals surface area contributed by atoms with Gasteiger partial charge < -0.3 is 4.42 Å². The van der Waals surface area contributed by atoms with Crippen LogP contribution in [-0.2, 0) is 0 Å². The van der Waals surface area contributed by atoms with Crippen LogP contribution in [0.5, 0.6) is 0 Å². The molecular weight excluding hydrogens is 577 g/mol. The minimum Gasteiger partial charge on any atom is -0.454 e. The molecule has 0 saturated heterocycles. The standard InChI is InChI=1S/C44H26OS/c1-2-13-28(14-3-1)40-37-25-24-36-31-16-10-11-21-38(31)46-44(36)42(37)45-43(40)41-34-19-8-6-17-32(34)39(33-18-7-9-20-35(33)41)30-23-22-27-12-4-5-15-29(27)26-30/h1-26H. The zero-order chi connectivity index (χ0) is 30.2. The van der Waals surface area contributed by atoms with Crippen molar-refractivity contribution in [2.45, 2.75) is 0 Å². The molecule has 2 heteroatoms. The van der Waals surface area contributed by atoms with Crippen LogP contribution in [0.15, 0.2) is 162 Å². The van der Waals surface area contributed by atoms with Gasteiger partial charge >= 0.3 is 0 Å². The van der Waals surface area contributed by atoms with Crippen molar-refractivity contribution in [2.75, 3.05) is 0 Å². The van der Waals surface area contributed by atoms with E-state index in [-0.39, 0.29) is 0 Å². The number of benzene rings is 8. The molecule has 2 heterocycles. The molecule has 0 fully saturated rings. The molecule has 1 nitrogen and oxygen atoms in total. The Kier molecular flexibility index (Phi) is 5.51. The third-order valence-electron chi connectivity index (χ3n) is 9.46. The Morgan fingerprint density at radius 2 is 0.957 bits per heavy atom. The van der Waals surface area contributed by atoms with Crippen LogP contribution < -0.4 is 0 Å². The molecule has 0 saturated carbocycles. The monoisotopic (exact) mass is 602 g/mol. The van der Waals surface area contributed by atoms with Crippen LogP contribution in [-0.4, -0.2) is 0 Å². The van der Waals surface area contributed by atoms with E-state index in [1.54, 1.807) is 0 Å². The van der Waals surface area contributed by atoms with Crippen LogP contribution in [0.25, 0.3) is 97.0 Å². The quantitative estimate of drug-likeness (QED) is 0.183. The van der Waals surface area contributed by atoms with Crippen LogP contribution in [0.2, 0.25) is 0 Å². The minimum absolute atomic E-state index is 0.920. The van der Waals surface area contributed by atoms with E-state index in [0.717, 1.165) is 33.4 Å². The van der Waals surface area contributed by atoms with E-state index in [1.165, 1.54) is 63.6 Å². The molecule has 0 spiro atoms. The summed E-state index contributed by atoms with van der Waals surface area (Å²) in [7, 11) is 0. The van der Waals surface area contributed by atoms with Gasteiger partial charge in [-0.25, -0.2) is 0 Å². The Labute approximate surface area is 269 Å². The molecular formula is C44H26OS. The van der Waals surface area contributed by atoms with Gasteiger partial charge in [0.25, 0.3) is 0 Å². The summed E-state index contributed by atoms with van der Waals surface area (Å²) in [6.07, 6.45) is 0. The number of fused-ring (bicyclic) bond motifs is 8. The summed E-state index contributed by atoms with van der Waals surface area (Å²) in [6.45, 7) is 0. The highest BCUT2D eigenvalue weighted by molar-refractivity contribution is 7.26. The fraction of sp³-hybridized carbons (Fsp3) is 0. The lowest BCUT2D eigenvalue weighted by molar-refractivity contribution is 0.638. The Balaban J connectivity index is 1.36. The molecule has 0 aliphatic rings. The summed E-state index contributed by atoms with van der Waals surface area (Å²) in [5.74, 6) is 0.920. The van der Waals surface area contributed by atoms with Gasteiger partial charge in [-0.1, -0.05) is 140 Å². The van der Waals surface area contributed by atoms with Crippen LogP contribution in [0.4, 0.5) is 0 Å². The predicted molar refractivity (Wildman–Crippen MR) is 198 cm³/mol. The second-order valence-electron chi connectivity index (χ2n) is 12.0. The number of hydrogen-bond acceptors (Lipinski definition) is 2. The molecule has 0 aliphatic carbocycles. The molecule has 0 radical (unpaired) electrons. The van der Waals surface area contributed by atoms with Crippen LogP contribution in [0, 0.1) is 0 Å². The summed E-state index contributed by atoms with van der Waals surface area (Å²) in [5.41, 5.74) is 6.87. The zero-order valence-electron chi connectivity index (χ0n) is 24.8. The molecule has 214 valence electrons. The van der Waals surface area contributed by atoms with E-state index in [2.05, 4.69) is 158 Å². The largest absolute Gasteiger partial charge is 0.454 e. The third-order valence-corrected chi connectivity index (χ3v) is 10.6. The Bertz CT molecular complexity index is 2740. The van der Waals surface area contributed by atoms with Crippen molar-refractivity contribution in [3.63, 3.8) is 0 Å². The lowest BCUT2D eigenvalue weighted by Gasteiger charge is -2.17. The molecule has 8 aromatic carbocycles. The van der Waals surface area contributed by atoms with Gasteiger partial charge in [-0.15, -0.1) is 11.3 Å². The molecule has 0 atom stereocenters. The summed E-state index contributed by atoms with van der Waals surface area (Å²) in [6, 6.07) is 57.1. The first-order chi connectivity index (χ1) is 22.8. The summed E-state index contributed by atoms with van der Waals surface area (Å²) in [4.78, 5) is 0. The molecule has 0 N–H and O–H groups in total. The topological polar surface area (TPSA) is 13.1 Å². The Hall–Kier alpha value is -5.70. The minimum atomic E-state index is 0.920. The van der Waals surface area contributed by atoms with Crippen molar-refractivity contribution in [2.24, 2.45) is 0 Å². The highest BCUT2D eigenvalue weighted by Gasteiger charge is 2.25. The van der Waals surface area contributed by atoms with Gasteiger partial charge in [0.2, 0.25) is 0 Å². The number of thiophene rings is 1. The van der Waals surface area contributed by atoms with Crippen molar-refractivity contribution >= 4 is 74.8 Å². The molecule has 0 bridgehead atoms. The van der Waals surface area contributed by atoms with Crippen molar-refractivity contribution < 1.29 is 4.42 Å². The number of rotatable bonds is 3. The van der Waals surface area contributed by atoms with Crippen LogP contribution in [0.1, 0.15) is 0 Å². The van der Waals surface area contributed by atoms with Gasteiger partial charge in [-0.05, 0) is 67.2 Å². The average Bonchev–Trinajstić information content (AvgIpc) is 3.69. The molecule has 10 aromatic rings. The van der Waals surface area contributed by atoms with Crippen molar-refractivity contribution in [3.8, 4) is 33.6 Å². The Morgan fingerprint density at radius 1 is 0.370 bits per heavy atom. The highest BCUT2D eigenvalue weighted by atomic mass is 32.1. The maximum absolute atomic E-state index is 7.21. The SMILES string of the molecule is c1ccc(-c2c(-c3c4ccccc4c(-c4ccc5ccccc5c4)c4ccccc34)oc3c2ccc2c4ccccc4sc23)cc1. The lowest BCUT2D eigenvalue weighted by Crippen LogP contribution is -1.91. The van der Waals surface area contributed by atoms with Gasteiger partial charge in [0.05, 0.1) is 4.70 Å². The van der Waals surface area contributed by atoms with Gasteiger partial charge in [0.1, 0.15) is 5.76 Å². The summed E-state index contributed by atoms with van der Waals surface area (Å²) >= 11 is 1.82. The van der Waals surface area contributed by atoms with Crippen LogP contribution in [0.3, 0.4) is 0 Å². The fourth-order valence-corrected chi connectivity index (χ4v) is 8.62. The van der Waals surface area contributed by atoms with E-state index in [1.807, 2.05) is 11.3 Å². The first-order valence-corrected chi connectivity index (χ1v) is 16.5. The Morgan fingerprint density at radius 3 is 1.70 bits per heavy atom. The maximum Gasteiger partial charge on any atom is 0.153 e. The highest BCUT2D eigenvalue weighted by Crippen LogP contribution is 2.51. The van der Waals surface area contributed by atoms with Crippen molar-refractivity contribution in [1.82, 2.24) is 0 Å². The second-order valence-corrected chi connectivity index (χ2v) is 13.0. The van der Waals surface area contributed by atoms with E-state index >= 15 is 0 Å². The molecule has 0 aliphatic heterocycles. The van der Waals surface area contributed by atoms with Crippen LogP contribution >= 0.6 is 11.3 Å². The molecule has 2 aromatic heterocycles. The lowest BCUT2D eigenvalue weighted by atomic mass is 9.85. The van der Waals surface area contributed by atoms with Gasteiger partial charge in [-0.2, -0.15) is 0 Å². The smallest absolute Gasteiger partial charge is 0.153 e. The maximum atomic E-state index is 7.21. The van der Waals surface area contributed by atoms with E-state index in [9.17, 15) is 0 Å². The summed E-state index contributed by atoms with van der Waals surface area (Å²) < 4.78 is 9.69. The van der Waals surface area contributed by atoms with Gasteiger partial charge in [0.15, 0.2) is 5.58 Å². The van der Waals surface area contributed by atoms with E-state index < -0.39 is 0 Å². The molecule has 10 rings (SSSR count). The van der Waals surface area contributed by atoms with Crippen molar-refractivity contribution in [3.05, 3.63) is 158 Å². The number of hydrogen-bond donors (Lipinski definition) is 0. The number of furan rings is 1. The first-order valence-electron chi connectivity index (χ1n) is 15.7.